The molecule has 1 atom stereocenters. The topological polar surface area (TPSA) is 47.9 Å². The highest BCUT2D eigenvalue weighted by atomic mass is 16.5. The lowest BCUT2D eigenvalue weighted by Gasteiger charge is -2.08. The minimum atomic E-state index is 0.0704. The van der Waals surface area contributed by atoms with Crippen LogP contribution in [0.25, 0.3) is 0 Å². The standard InChI is InChI=1S/C18H38O4/c1-3-18(2)10-8-6-4-5-7-9-12-20-14-16-22-17-15-21-13-11-19/h18-19H,3-17H2,1-2H3. The maximum absolute atomic E-state index is 8.52. The Bertz CT molecular complexity index is 200. The van der Waals surface area contributed by atoms with Crippen LogP contribution in [0.5, 0.6) is 0 Å². The predicted octanol–water partition coefficient (Wildman–Crippen LogP) is 3.81. The fraction of sp³-hybridized carbons (Fsp3) is 1.00. The van der Waals surface area contributed by atoms with Crippen molar-refractivity contribution in [3.05, 3.63) is 0 Å². The normalized spacial score (nSPS) is 12.7. The number of aliphatic hydroxyl groups is 1. The first kappa shape index (κ1) is 21.8. The summed E-state index contributed by atoms with van der Waals surface area (Å²) in [5.74, 6) is 0.900. The summed E-state index contributed by atoms with van der Waals surface area (Å²) in [7, 11) is 0. The molecule has 0 radical (unpaired) electrons. The molecule has 0 rings (SSSR count). The minimum Gasteiger partial charge on any atom is -0.394 e. The molecule has 134 valence electrons. The lowest BCUT2D eigenvalue weighted by atomic mass is 10.00. The van der Waals surface area contributed by atoms with Crippen LogP contribution in [0.1, 0.15) is 65.2 Å². The second-order valence-corrected chi connectivity index (χ2v) is 5.98. The van der Waals surface area contributed by atoms with Gasteiger partial charge in [-0.1, -0.05) is 58.8 Å². The summed E-state index contributed by atoms with van der Waals surface area (Å²) in [5, 5.41) is 8.52. The molecule has 0 saturated carbocycles. The fourth-order valence-corrected chi connectivity index (χ4v) is 2.21. The third kappa shape index (κ3) is 17.9. The molecule has 0 bridgehead atoms. The Morgan fingerprint density at radius 3 is 1.77 bits per heavy atom. The molecular formula is C18H38O4. The highest BCUT2D eigenvalue weighted by Gasteiger charge is 1.98. The van der Waals surface area contributed by atoms with E-state index in [2.05, 4.69) is 13.8 Å². The van der Waals surface area contributed by atoms with Gasteiger partial charge in [0.05, 0.1) is 39.6 Å². The monoisotopic (exact) mass is 318 g/mol. The van der Waals surface area contributed by atoms with Gasteiger partial charge in [0.15, 0.2) is 0 Å². The SMILES string of the molecule is CCC(C)CCCCCCCCOCCOCCOCCO. The molecule has 0 amide bonds. The molecule has 0 aliphatic heterocycles. The van der Waals surface area contributed by atoms with Crippen molar-refractivity contribution in [1.29, 1.82) is 0 Å². The molecular weight excluding hydrogens is 280 g/mol. The summed E-state index contributed by atoms with van der Waals surface area (Å²) in [4.78, 5) is 0. The number of unbranched alkanes of at least 4 members (excludes halogenated alkanes) is 5. The van der Waals surface area contributed by atoms with Gasteiger partial charge in [-0.05, 0) is 12.3 Å². The Balaban J connectivity index is 2.97. The van der Waals surface area contributed by atoms with Crippen LogP contribution in [0.15, 0.2) is 0 Å². The van der Waals surface area contributed by atoms with Gasteiger partial charge in [-0.15, -0.1) is 0 Å². The number of rotatable bonds is 18. The van der Waals surface area contributed by atoms with E-state index in [9.17, 15) is 0 Å². The maximum Gasteiger partial charge on any atom is 0.0701 e. The number of hydrogen-bond donors (Lipinski definition) is 1. The van der Waals surface area contributed by atoms with Crippen molar-refractivity contribution >= 4 is 0 Å². The van der Waals surface area contributed by atoms with Gasteiger partial charge in [0, 0.05) is 6.61 Å². The molecule has 4 nitrogen and oxygen atoms in total. The summed E-state index contributed by atoms with van der Waals surface area (Å²) >= 11 is 0. The third-order valence-electron chi connectivity index (χ3n) is 3.91. The van der Waals surface area contributed by atoms with Gasteiger partial charge < -0.3 is 19.3 Å². The predicted molar refractivity (Wildman–Crippen MR) is 91.3 cm³/mol. The zero-order valence-electron chi connectivity index (χ0n) is 14.9. The van der Waals surface area contributed by atoms with Crippen LogP contribution in [0.4, 0.5) is 0 Å². The first-order valence-electron chi connectivity index (χ1n) is 9.15. The Morgan fingerprint density at radius 2 is 1.18 bits per heavy atom. The quantitative estimate of drug-likeness (QED) is 0.390. The van der Waals surface area contributed by atoms with E-state index in [-0.39, 0.29) is 6.61 Å². The van der Waals surface area contributed by atoms with Crippen LogP contribution in [-0.4, -0.2) is 51.4 Å². The van der Waals surface area contributed by atoms with Crippen molar-refractivity contribution < 1.29 is 19.3 Å². The van der Waals surface area contributed by atoms with Crippen LogP contribution in [0, 0.1) is 5.92 Å². The number of hydrogen-bond acceptors (Lipinski definition) is 4. The average Bonchev–Trinajstić information content (AvgIpc) is 2.54. The van der Waals surface area contributed by atoms with Gasteiger partial charge in [0.25, 0.3) is 0 Å². The van der Waals surface area contributed by atoms with Crippen LogP contribution in [-0.2, 0) is 14.2 Å². The molecule has 0 aromatic rings. The zero-order chi connectivity index (χ0) is 16.3. The highest BCUT2D eigenvalue weighted by Crippen LogP contribution is 2.14. The van der Waals surface area contributed by atoms with E-state index >= 15 is 0 Å². The van der Waals surface area contributed by atoms with E-state index in [4.69, 9.17) is 19.3 Å². The second kappa shape index (κ2) is 18.9. The second-order valence-electron chi connectivity index (χ2n) is 5.98. The largest absolute Gasteiger partial charge is 0.394 e. The van der Waals surface area contributed by atoms with Gasteiger partial charge >= 0.3 is 0 Å². The van der Waals surface area contributed by atoms with E-state index in [0.717, 1.165) is 18.9 Å². The van der Waals surface area contributed by atoms with Crippen LogP contribution in [0.2, 0.25) is 0 Å². The summed E-state index contributed by atoms with van der Waals surface area (Å²) in [6, 6.07) is 0. The minimum absolute atomic E-state index is 0.0704. The van der Waals surface area contributed by atoms with E-state index < -0.39 is 0 Å². The zero-order valence-corrected chi connectivity index (χ0v) is 14.9. The van der Waals surface area contributed by atoms with Gasteiger partial charge in [-0.3, -0.25) is 0 Å². The van der Waals surface area contributed by atoms with Crippen LogP contribution >= 0.6 is 0 Å². The van der Waals surface area contributed by atoms with Crippen molar-refractivity contribution in [2.45, 2.75) is 65.2 Å². The summed E-state index contributed by atoms with van der Waals surface area (Å²) < 4.78 is 16.0. The van der Waals surface area contributed by atoms with E-state index in [1.165, 1.54) is 44.9 Å². The molecule has 1 N–H and O–H groups in total. The first-order valence-corrected chi connectivity index (χ1v) is 9.15. The molecule has 0 aliphatic carbocycles. The Hall–Kier alpha value is -0.160. The summed E-state index contributed by atoms with van der Waals surface area (Å²) in [6.45, 7) is 8.32. The molecule has 0 aliphatic rings. The fourth-order valence-electron chi connectivity index (χ4n) is 2.21. The van der Waals surface area contributed by atoms with Crippen molar-refractivity contribution in [2.75, 3.05) is 46.2 Å². The van der Waals surface area contributed by atoms with Crippen molar-refractivity contribution in [3.63, 3.8) is 0 Å². The van der Waals surface area contributed by atoms with E-state index in [0.29, 0.717) is 33.0 Å². The van der Waals surface area contributed by atoms with Crippen molar-refractivity contribution in [1.82, 2.24) is 0 Å². The van der Waals surface area contributed by atoms with Gasteiger partial charge in [0.1, 0.15) is 0 Å². The molecule has 0 saturated heterocycles. The molecule has 0 aromatic heterocycles. The molecule has 0 heterocycles. The number of ether oxygens (including phenoxy) is 3. The van der Waals surface area contributed by atoms with E-state index in [1.54, 1.807) is 0 Å². The lowest BCUT2D eigenvalue weighted by molar-refractivity contribution is 0.00719. The average molecular weight is 318 g/mol. The van der Waals surface area contributed by atoms with Crippen LogP contribution in [0.3, 0.4) is 0 Å². The lowest BCUT2D eigenvalue weighted by Crippen LogP contribution is -2.11. The Labute approximate surface area is 137 Å². The third-order valence-corrected chi connectivity index (χ3v) is 3.91. The van der Waals surface area contributed by atoms with Crippen molar-refractivity contribution in [3.8, 4) is 0 Å². The van der Waals surface area contributed by atoms with Gasteiger partial charge in [0.2, 0.25) is 0 Å². The Kier molecular flexibility index (Phi) is 18.8. The van der Waals surface area contributed by atoms with Crippen LogP contribution < -0.4 is 0 Å². The molecule has 0 aromatic carbocycles. The number of aliphatic hydroxyl groups excluding tert-OH is 1. The van der Waals surface area contributed by atoms with Gasteiger partial charge in [-0.2, -0.15) is 0 Å². The first-order chi connectivity index (χ1) is 10.8. The smallest absolute Gasteiger partial charge is 0.0701 e. The highest BCUT2D eigenvalue weighted by molar-refractivity contribution is 4.51. The Morgan fingerprint density at radius 1 is 0.682 bits per heavy atom. The van der Waals surface area contributed by atoms with Crippen molar-refractivity contribution in [2.24, 2.45) is 5.92 Å². The molecule has 0 fully saturated rings. The molecule has 4 heteroatoms. The van der Waals surface area contributed by atoms with Gasteiger partial charge in [-0.25, -0.2) is 0 Å². The molecule has 22 heavy (non-hydrogen) atoms. The molecule has 1 unspecified atom stereocenters. The summed E-state index contributed by atoms with van der Waals surface area (Å²) in [6.07, 6.45) is 10.6. The molecule has 0 spiro atoms. The summed E-state index contributed by atoms with van der Waals surface area (Å²) in [5.41, 5.74) is 0. The maximum atomic E-state index is 8.52. The van der Waals surface area contributed by atoms with E-state index in [1.807, 2.05) is 0 Å².